The van der Waals surface area contributed by atoms with Gasteiger partial charge in [0.05, 0.1) is 0 Å². The minimum Gasteiger partial charge on any atom is -0.451 e. The van der Waals surface area contributed by atoms with Gasteiger partial charge in [0.15, 0.2) is 5.76 Å². The van der Waals surface area contributed by atoms with Crippen LogP contribution in [-0.4, -0.2) is 18.5 Å². The molecule has 27 heavy (non-hydrogen) atoms. The first-order chi connectivity index (χ1) is 13.2. The van der Waals surface area contributed by atoms with Crippen molar-refractivity contribution in [3.63, 3.8) is 0 Å². The Balaban J connectivity index is 1.60. The molecule has 3 N–H and O–H groups in total. The summed E-state index contributed by atoms with van der Waals surface area (Å²) in [5.74, 6) is 0.886. The van der Waals surface area contributed by atoms with Crippen LogP contribution in [0.1, 0.15) is 29.0 Å². The largest absolute Gasteiger partial charge is 0.451 e. The number of fused-ring (bicyclic) bond motifs is 1. The van der Waals surface area contributed by atoms with Crippen molar-refractivity contribution in [1.29, 1.82) is 0 Å². The van der Waals surface area contributed by atoms with E-state index < -0.39 is 0 Å². The van der Waals surface area contributed by atoms with Gasteiger partial charge in [0.1, 0.15) is 11.4 Å². The Kier molecular flexibility index (Phi) is 5.18. The van der Waals surface area contributed by atoms with Gasteiger partial charge in [0.25, 0.3) is 5.91 Å². The number of para-hydroxylation sites is 1. The Bertz CT molecular complexity index is 950. The lowest BCUT2D eigenvalue weighted by Crippen LogP contribution is -2.41. The fourth-order valence-electron chi connectivity index (χ4n) is 3.21. The number of nitrogens with two attached hydrogens (primary N) is 1. The normalized spacial score (nSPS) is 15.0. The summed E-state index contributed by atoms with van der Waals surface area (Å²) in [5.41, 5.74) is 7.36. The fourth-order valence-corrected chi connectivity index (χ4v) is 4.14. The lowest BCUT2D eigenvalue weighted by Gasteiger charge is -2.15. The van der Waals surface area contributed by atoms with Gasteiger partial charge in [-0.25, -0.2) is 4.39 Å². The summed E-state index contributed by atoms with van der Waals surface area (Å²) < 4.78 is 19.0. The number of amides is 1. The Labute approximate surface area is 161 Å². The fraction of sp³-hybridized carbons (Fsp3) is 0.286. The standard InChI is InChI=1S/C21H21FN2O2S/c22-14-7-9-15(10-8-14)27-12-17-16-3-1-2-4-19(16)26-20(17)21(25)24-18(11-23)13-5-6-13/h1-4,7-10,13,18H,5-6,11-12,23H2,(H,24,25). The summed E-state index contributed by atoms with van der Waals surface area (Å²) in [6, 6.07) is 14.0. The molecule has 2 aromatic carbocycles. The third-order valence-electron chi connectivity index (χ3n) is 4.86. The molecule has 0 aliphatic heterocycles. The van der Waals surface area contributed by atoms with E-state index in [1.807, 2.05) is 24.3 Å². The number of hydrogen-bond acceptors (Lipinski definition) is 4. The maximum atomic E-state index is 13.1. The Morgan fingerprint density at radius 3 is 2.67 bits per heavy atom. The second kappa shape index (κ2) is 7.74. The highest BCUT2D eigenvalue weighted by Crippen LogP contribution is 2.34. The van der Waals surface area contributed by atoms with E-state index in [9.17, 15) is 9.18 Å². The van der Waals surface area contributed by atoms with E-state index in [1.165, 1.54) is 12.1 Å². The van der Waals surface area contributed by atoms with Gasteiger partial charge < -0.3 is 15.5 Å². The maximum absolute atomic E-state index is 13.1. The van der Waals surface area contributed by atoms with Crippen molar-refractivity contribution in [3.8, 4) is 0 Å². The average molecular weight is 384 g/mol. The van der Waals surface area contributed by atoms with Crippen molar-refractivity contribution in [2.24, 2.45) is 11.7 Å². The van der Waals surface area contributed by atoms with E-state index in [0.717, 1.165) is 28.7 Å². The molecule has 6 heteroatoms. The number of benzene rings is 2. The average Bonchev–Trinajstić information content (AvgIpc) is 3.46. The predicted octanol–water partition coefficient (Wildman–Crippen LogP) is 4.33. The van der Waals surface area contributed by atoms with Gasteiger partial charge >= 0.3 is 0 Å². The smallest absolute Gasteiger partial charge is 0.287 e. The van der Waals surface area contributed by atoms with Gasteiger partial charge in [-0.05, 0) is 49.1 Å². The zero-order valence-corrected chi connectivity index (χ0v) is 15.6. The molecule has 0 spiro atoms. The van der Waals surface area contributed by atoms with Crippen molar-refractivity contribution in [3.05, 3.63) is 65.7 Å². The number of halogens is 1. The van der Waals surface area contributed by atoms with Gasteiger partial charge in [-0.2, -0.15) is 0 Å². The second-order valence-electron chi connectivity index (χ2n) is 6.80. The molecular formula is C21H21FN2O2S. The molecule has 0 bridgehead atoms. The van der Waals surface area contributed by atoms with Gasteiger partial charge in [-0.3, -0.25) is 4.79 Å². The van der Waals surface area contributed by atoms with E-state index >= 15 is 0 Å². The summed E-state index contributed by atoms with van der Waals surface area (Å²) in [7, 11) is 0. The molecule has 1 atom stereocenters. The number of hydrogen-bond donors (Lipinski definition) is 2. The number of nitrogens with one attached hydrogen (secondary N) is 1. The SMILES string of the molecule is NCC(NC(=O)c1oc2ccccc2c1CSc1ccc(F)cc1)C1CC1. The van der Waals surface area contributed by atoms with Crippen molar-refractivity contribution in [2.45, 2.75) is 29.5 Å². The summed E-state index contributed by atoms with van der Waals surface area (Å²) in [5, 5.41) is 3.96. The van der Waals surface area contributed by atoms with Gasteiger partial charge in [-0.15, -0.1) is 11.8 Å². The van der Waals surface area contributed by atoms with Crippen LogP contribution >= 0.6 is 11.8 Å². The van der Waals surface area contributed by atoms with Crippen LogP contribution in [0.3, 0.4) is 0 Å². The highest BCUT2D eigenvalue weighted by atomic mass is 32.2. The molecule has 1 aliphatic rings. The zero-order chi connectivity index (χ0) is 18.8. The van der Waals surface area contributed by atoms with Crippen LogP contribution in [0.2, 0.25) is 0 Å². The van der Waals surface area contributed by atoms with Crippen LogP contribution in [0.15, 0.2) is 57.8 Å². The Morgan fingerprint density at radius 1 is 1.22 bits per heavy atom. The van der Waals surface area contributed by atoms with E-state index in [4.69, 9.17) is 10.2 Å². The lowest BCUT2D eigenvalue weighted by atomic mass is 10.1. The summed E-state index contributed by atoms with van der Waals surface area (Å²) in [4.78, 5) is 13.8. The molecule has 4 rings (SSSR count). The molecule has 1 aliphatic carbocycles. The van der Waals surface area contributed by atoms with Crippen LogP contribution in [-0.2, 0) is 5.75 Å². The second-order valence-corrected chi connectivity index (χ2v) is 7.85. The first kappa shape index (κ1) is 18.1. The molecule has 1 amide bonds. The molecule has 1 saturated carbocycles. The number of thioether (sulfide) groups is 1. The molecule has 0 saturated heterocycles. The van der Waals surface area contributed by atoms with Crippen molar-refractivity contribution in [2.75, 3.05) is 6.54 Å². The van der Waals surface area contributed by atoms with Gasteiger partial charge in [-0.1, -0.05) is 18.2 Å². The number of furan rings is 1. The molecular weight excluding hydrogens is 363 g/mol. The van der Waals surface area contributed by atoms with Crippen LogP contribution in [0, 0.1) is 11.7 Å². The topological polar surface area (TPSA) is 68.3 Å². The monoisotopic (exact) mass is 384 g/mol. The van der Waals surface area contributed by atoms with Crippen LogP contribution in [0.5, 0.6) is 0 Å². The summed E-state index contributed by atoms with van der Waals surface area (Å²) in [6.45, 7) is 0.427. The molecule has 3 aromatic rings. The molecule has 1 unspecified atom stereocenters. The molecule has 140 valence electrons. The molecule has 0 radical (unpaired) electrons. The third kappa shape index (κ3) is 4.01. The van der Waals surface area contributed by atoms with Crippen molar-refractivity contribution < 1.29 is 13.6 Å². The van der Waals surface area contributed by atoms with Crippen molar-refractivity contribution >= 4 is 28.6 Å². The molecule has 1 aromatic heterocycles. The first-order valence-electron chi connectivity index (χ1n) is 9.05. The molecule has 1 fully saturated rings. The lowest BCUT2D eigenvalue weighted by molar-refractivity contribution is 0.0906. The van der Waals surface area contributed by atoms with E-state index in [-0.39, 0.29) is 17.8 Å². The summed E-state index contributed by atoms with van der Waals surface area (Å²) in [6.07, 6.45) is 2.21. The Hall–Kier alpha value is -2.31. The van der Waals surface area contributed by atoms with E-state index in [2.05, 4.69) is 5.32 Å². The first-order valence-corrected chi connectivity index (χ1v) is 10.0. The third-order valence-corrected chi connectivity index (χ3v) is 5.90. The van der Waals surface area contributed by atoms with Crippen LogP contribution < -0.4 is 11.1 Å². The van der Waals surface area contributed by atoms with Crippen LogP contribution in [0.4, 0.5) is 4.39 Å². The molecule has 1 heterocycles. The predicted molar refractivity (Wildman–Crippen MR) is 105 cm³/mol. The minimum absolute atomic E-state index is 0.0108. The van der Waals surface area contributed by atoms with Crippen LogP contribution in [0.25, 0.3) is 11.0 Å². The van der Waals surface area contributed by atoms with Gasteiger partial charge in [0.2, 0.25) is 0 Å². The number of carbonyl (C=O) groups is 1. The maximum Gasteiger partial charge on any atom is 0.287 e. The quantitative estimate of drug-likeness (QED) is 0.595. The highest BCUT2D eigenvalue weighted by molar-refractivity contribution is 7.98. The minimum atomic E-state index is -0.263. The molecule has 4 nitrogen and oxygen atoms in total. The Morgan fingerprint density at radius 2 is 1.96 bits per heavy atom. The number of carbonyl (C=O) groups excluding carboxylic acids is 1. The zero-order valence-electron chi connectivity index (χ0n) is 14.8. The number of rotatable bonds is 7. The highest BCUT2D eigenvalue weighted by Gasteiger charge is 2.32. The van der Waals surface area contributed by atoms with Gasteiger partial charge in [0, 0.05) is 34.2 Å². The van der Waals surface area contributed by atoms with Crippen molar-refractivity contribution in [1.82, 2.24) is 5.32 Å². The summed E-state index contributed by atoms with van der Waals surface area (Å²) >= 11 is 1.55. The van der Waals surface area contributed by atoms with E-state index in [0.29, 0.717) is 29.6 Å². The van der Waals surface area contributed by atoms with E-state index in [1.54, 1.807) is 23.9 Å².